The van der Waals surface area contributed by atoms with E-state index in [4.69, 9.17) is 33.7 Å². The van der Waals surface area contributed by atoms with Crippen LogP contribution in [0.25, 0.3) is 43.5 Å². The van der Waals surface area contributed by atoms with E-state index >= 15 is 0 Å². The van der Waals surface area contributed by atoms with Gasteiger partial charge in [-0.2, -0.15) is 0 Å². The first-order valence-electron chi connectivity index (χ1n) is 8.87. The molecule has 3 nitrogen and oxygen atoms in total. The Hall–Kier alpha value is -2.04. The van der Waals surface area contributed by atoms with Gasteiger partial charge in [0, 0.05) is 34.7 Å². The van der Waals surface area contributed by atoms with Crippen molar-refractivity contribution in [2.45, 2.75) is 9.79 Å². The van der Waals surface area contributed by atoms with E-state index in [1.54, 1.807) is 0 Å². The number of hydrogen-bond donors (Lipinski definition) is 2. The molecule has 5 aromatic rings. The first kappa shape index (κ1) is 18.0. The normalized spacial score (nSPS) is 11.9. The van der Waals surface area contributed by atoms with Crippen LogP contribution in [0.15, 0.2) is 78.8 Å². The van der Waals surface area contributed by atoms with Crippen molar-refractivity contribution in [1.29, 1.82) is 0 Å². The molecule has 0 aliphatic rings. The lowest BCUT2D eigenvalue weighted by Crippen LogP contribution is -2.02. The second-order valence-electron chi connectivity index (χ2n) is 6.91. The Bertz CT molecular complexity index is 1320. The maximum Gasteiger partial charge on any atom is 0.309 e. The van der Waals surface area contributed by atoms with E-state index in [0.717, 1.165) is 53.3 Å². The predicted octanol–water partition coefficient (Wildman–Crippen LogP) is 7.37. The summed E-state index contributed by atoms with van der Waals surface area (Å²) in [6.07, 6.45) is 0. The fourth-order valence-electron chi connectivity index (χ4n) is 3.65. The molecule has 0 radical (unpaired) electrons. The highest BCUT2D eigenvalue weighted by molar-refractivity contribution is 7.80. The van der Waals surface area contributed by atoms with Crippen LogP contribution in [0.1, 0.15) is 0 Å². The molecule has 0 atom stereocenters. The molecule has 0 aliphatic carbocycles. The highest BCUT2D eigenvalue weighted by atomic mass is 32.1. The predicted molar refractivity (Wildman–Crippen MR) is 126 cm³/mol. The Morgan fingerprint density at radius 3 is 1.57 bits per heavy atom. The lowest BCUT2D eigenvalue weighted by molar-refractivity contribution is 0.627. The highest BCUT2D eigenvalue weighted by Crippen LogP contribution is 2.44. The second kappa shape index (κ2) is 6.78. The molecule has 5 rings (SSSR count). The van der Waals surface area contributed by atoms with Crippen molar-refractivity contribution >= 4 is 76.9 Å². The van der Waals surface area contributed by atoms with Crippen LogP contribution in [0.5, 0.6) is 0 Å². The average molecular weight is 423 g/mol. The Morgan fingerprint density at radius 2 is 1.14 bits per heavy atom. The lowest BCUT2D eigenvalue weighted by atomic mass is 9.98. The molecule has 0 bridgehead atoms. The van der Waals surface area contributed by atoms with Crippen LogP contribution in [0.3, 0.4) is 0 Å². The zero-order chi connectivity index (χ0) is 19.4. The van der Waals surface area contributed by atoms with Gasteiger partial charge >= 0.3 is 8.16 Å². The van der Waals surface area contributed by atoms with Gasteiger partial charge in [0.05, 0.1) is 0 Å². The van der Waals surface area contributed by atoms with Gasteiger partial charge in [0.15, 0.2) is 11.2 Å². The molecule has 0 amide bonds. The summed E-state index contributed by atoms with van der Waals surface area (Å²) in [5.41, 5.74) is 1.51. The molecule has 0 N–H and O–H groups in total. The largest absolute Gasteiger partial charge is 0.407 e. The van der Waals surface area contributed by atoms with Crippen molar-refractivity contribution in [2.24, 2.45) is 0 Å². The van der Waals surface area contributed by atoms with Gasteiger partial charge in [-0.1, -0.05) is 48.5 Å². The minimum atomic E-state index is -1.34. The molecule has 0 aliphatic heterocycles. The molecule has 0 spiro atoms. The van der Waals surface area contributed by atoms with E-state index in [1.807, 2.05) is 43.0 Å². The third kappa shape index (κ3) is 2.73. The maximum atomic E-state index is 6.40. The Labute approximate surface area is 174 Å². The summed E-state index contributed by atoms with van der Waals surface area (Å²) >= 11 is 9.54. The van der Waals surface area contributed by atoms with E-state index in [2.05, 4.69) is 36.4 Å². The van der Waals surface area contributed by atoms with Gasteiger partial charge in [-0.25, -0.2) is 4.67 Å². The summed E-state index contributed by atoms with van der Waals surface area (Å²) < 4.78 is 14.8. The number of rotatable bonds is 1. The van der Waals surface area contributed by atoms with Gasteiger partial charge in [-0.15, -0.1) is 25.3 Å². The molecule has 0 unspecified atom stereocenters. The summed E-state index contributed by atoms with van der Waals surface area (Å²) in [6.45, 7) is 0. The van der Waals surface area contributed by atoms with E-state index < -0.39 is 8.16 Å². The quantitative estimate of drug-likeness (QED) is 0.276. The molecular weight excluding hydrogens is 405 g/mol. The van der Waals surface area contributed by atoms with Crippen molar-refractivity contribution in [3.63, 3.8) is 0 Å². The third-order valence-electron chi connectivity index (χ3n) is 4.88. The molecule has 140 valence electrons. The molecule has 4 aromatic carbocycles. The van der Waals surface area contributed by atoms with E-state index in [0.29, 0.717) is 0 Å². The van der Waals surface area contributed by atoms with Gasteiger partial charge in [-0.05, 0) is 33.7 Å². The minimum Gasteiger partial charge on any atom is -0.407 e. The molecule has 1 aromatic heterocycles. The van der Waals surface area contributed by atoms with Gasteiger partial charge < -0.3 is 8.39 Å². The van der Waals surface area contributed by atoms with Crippen LogP contribution >= 0.6 is 33.4 Å². The van der Waals surface area contributed by atoms with Crippen LogP contribution < -0.4 is 4.67 Å². The van der Waals surface area contributed by atoms with Gasteiger partial charge in [-0.3, -0.25) is 0 Å². The summed E-state index contributed by atoms with van der Waals surface area (Å²) in [5, 5.41) is 6.48. The number of thiol groups is 2. The van der Waals surface area contributed by atoms with Crippen LogP contribution in [-0.4, -0.2) is 14.1 Å². The van der Waals surface area contributed by atoms with E-state index in [9.17, 15) is 0 Å². The first-order valence-corrected chi connectivity index (χ1v) is 10.9. The monoisotopic (exact) mass is 423 g/mol. The maximum absolute atomic E-state index is 6.40. The van der Waals surface area contributed by atoms with Crippen molar-refractivity contribution < 1.29 is 8.39 Å². The van der Waals surface area contributed by atoms with E-state index in [1.165, 1.54) is 0 Å². The SMILES string of the molecule is CN(C)p1oc2c(S)cc3ccccc3c2c2c(o1)c(S)cc1ccccc12. The smallest absolute Gasteiger partial charge is 0.309 e. The molecule has 28 heavy (non-hydrogen) atoms. The Morgan fingerprint density at radius 1 is 0.714 bits per heavy atom. The molecule has 0 fully saturated rings. The van der Waals surface area contributed by atoms with Crippen molar-refractivity contribution in [2.75, 3.05) is 18.8 Å². The Kier molecular flexibility index (Phi) is 4.37. The van der Waals surface area contributed by atoms with Crippen LogP contribution in [-0.2, 0) is 0 Å². The lowest BCUT2D eigenvalue weighted by Gasteiger charge is -2.08. The molecule has 6 heteroatoms. The zero-order valence-electron chi connectivity index (χ0n) is 15.4. The minimum absolute atomic E-state index is 0.754. The molecule has 0 saturated heterocycles. The standard InChI is InChI=1S/C22H18NO2PS2/c1-23(2)26-24-21-17(27)11-13-7-3-5-9-15(13)19(21)20-16-10-6-4-8-14(16)12-18(28)22(20)25-26/h3-12,27-28H,1-2H3. The number of benzene rings is 4. The van der Waals surface area contributed by atoms with Crippen molar-refractivity contribution in [3.05, 3.63) is 60.7 Å². The van der Waals surface area contributed by atoms with Crippen LogP contribution in [0.4, 0.5) is 0 Å². The molecule has 0 saturated carbocycles. The topological polar surface area (TPSA) is 29.5 Å². The van der Waals surface area contributed by atoms with Gasteiger partial charge in [0.2, 0.25) is 0 Å². The van der Waals surface area contributed by atoms with Crippen LogP contribution in [0.2, 0.25) is 0 Å². The van der Waals surface area contributed by atoms with E-state index in [-0.39, 0.29) is 0 Å². The Balaban J connectivity index is 2.24. The highest BCUT2D eigenvalue weighted by Gasteiger charge is 2.17. The fraction of sp³-hybridized carbons (Fsp3) is 0.0909. The van der Waals surface area contributed by atoms with Crippen molar-refractivity contribution in [1.82, 2.24) is 0 Å². The van der Waals surface area contributed by atoms with Crippen molar-refractivity contribution in [3.8, 4) is 0 Å². The molecular formula is C22H18NO2PS2. The van der Waals surface area contributed by atoms with Gasteiger partial charge in [0.25, 0.3) is 0 Å². The molecule has 1 heterocycles. The summed E-state index contributed by atoms with van der Waals surface area (Å²) in [4.78, 5) is 1.60. The zero-order valence-corrected chi connectivity index (χ0v) is 18.1. The van der Waals surface area contributed by atoms with Crippen LogP contribution in [0, 0.1) is 0 Å². The average Bonchev–Trinajstić information content (AvgIpc) is 2.87. The summed E-state index contributed by atoms with van der Waals surface area (Å²) in [5.74, 6) is 0. The summed E-state index contributed by atoms with van der Waals surface area (Å²) in [6, 6.07) is 20.7. The third-order valence-corrected chi connectivity index (χ3v) is 6.87. The number of fused-ring (bicyclic) bond motifs is 7. The first-order chi connectivity index (χ1) is 13.5. The fourth-order valence-corrected chi connectivity index (χ4v) is 5.44. The van der Waals surface area contributed by atoms with Gasteiger partial charge in [0.1, 0.15) is 0 Å². The summed E-state index contributed by atoms with van der Waals surface area (Å²) in [7, 11) is 2.57. The second-order valence-corrected chi connectivity index (χ2v) is 9.51. The number of nitrogens with zero attached hydrogens (tertiary/aromatic N) is 1. The number of hydrogen-bond acceptors (Lipinski definition) is 5.